The minimum absolute atomic E-state index is 0.0498. The van der Waals surface area contributed by atoms with E-state index in [1.807, 2.05) is 25.1 Å². The zero-order valence-electron chi connectivity index (χ0n) is 12.3. The number of likely N-dealkylation sites (tertiary alicyclic amines) is 1. The molecule has 7 nitrogen and oxygen atoms in total. The van der Waals surface area contributed by atoms with E-state index in [9.17, 15) is 4.79 Å². The molecule has 1 unspecified atom stereocenters. The van der Waals surface area contributed by atoms with Crippen LogP contribution in [0.2, 0.25) is 0 Å². The summed E-state index contributed by atoms with van der Waals surface area (Å²) in [4.78, 5) is 15.4. The first-order chi connectivity index (χ1) is 10.1. The topological polar surface area (TPSA) is 70.6 Å². The minimum atomic E-state index is -0.101. The Balaban J connectivity index is 1.83. The van der Waals surface area contributed by atoms with E-state index in [-0.39, 0.29) is 12.1 Å². The smallest absolute Gasteiger partial charge is 0.317 e. The van der Waals surface area contributed by atoms with Crippen molar-refractivity contribution in [3.05, 3.63) is 12.1 Å². The van der Waals surface area contributed by atoms with Crippen molar-refractivity contribution >= 4 is 23.4 Å². The molecule has 1 N–H and O–H groups in total. The highest BCUT2D eigenvalue weighted by molar-refractivity contribution is 6.18. The Bertz CT molecular complexity index is 468. The fourth-order valence-electron chi connectivity index (χ4n) is 2.06. The molecule has 0 aromatic carbocycles. The van der Waals surface area contributed by atoms with Gasteiger partial charge in [-0.05, 0) is 6.07 Å². The summed E-state index contributed by atoms with van der Waals surface area (Å²) in [5.41, 5.74) is 0. The van der Waals surface area contributed by atoms with Gasteiger partial charge in [-0.2, -0.15) is 0 Å². The number of hydrogen-bond acceptors (Lipinski definition) is 5. The van der Waals surface area contributed by atoms with Crippen LogP contribution < -0.4 is 15.0 Å². The number of alkyl halides is 1. The molecule has 0 saturated carbocycles. The highest BCUT2D eigenvalue weighted by Gasteiger charge is 2.27. The lowest BCUT2D eigenvalue weighted by Crippen LogP contribution is -2.40. The number of aromatic nitrogens is 2. The average molecular weight is 314 g/mol. The second-order valence-electron chi connectivity index (χ2n) is 5.02. The fourth-order valence-corrected chi connectivity index (χ4v) is 2.15. The molecule has 2 amide bonds. The second-order valence-corrected chi connectivity index (χ2v) is 5.40. The zero-order valence-corrected chi connectivity index (χ0v) is 13.0. The predicted molar refractivity (Wildman–Crippen MR) is 81.1 cm³/mol. The highest BCUT2D eigenvalue weighted by atomic mass is 35.5. The Labute approximate surface area is 129 Å². The molecular formula is C13H20ClN5O2. The first-order valence-corrected chi connectivity index (χ1v) is 7.40. The summed E-state index contributed by atoms with van der Waals surface area (Å²) in [6.45, 7) is 1.69. The third-order valence-corrected chi connectivity index (χ3v) is 3.36. The summed E-state index contributed by atoms with van der Waals surface area (Å²) in [6, 6.07) is 3.54. The zero-order chi connectivity index (χ0) is 15.2. The monoisotopic (exact) mass is 313 g/mol. The normalized spacial score (nSPS) is 17.7. The second kappa shape index (κ2) is 7.31. The van der Waals surface area contributed by atoms with Gasteiger partial charge in [-0.15, -0.1) is 21.8 Å². The Hall–Kier alpha value is -1.76. The van der Waals surface area contributed by atoms with E-state index < -0.39 is 0 Å². The van der Waals surface area contributed by atoms with Crippen LogP contribution in [0, 0.1) is 0 Å². The van der Waals surface area contributed by atoms with Gasteiger partial charge in [-0.25, -0.2) is 4.79 Å². The van der Waals surface area contributed by atoms with Crippen molar-refractivity contribution in [1.82, 2.24) is 20.4 Å². The number of nitrogens with one attached hydrogen (secondary N) is 1. The van der Waals surface area contributed by atoms with Gasteiger partial charge >= 0.3 is 6.03 Å². The molecule has 0 aliphatic carbocycles. The van der Waals surface area contributed by atoms with Gasteiger partial charge in [0.15, 0.2) is 5.82 Å². The van der Waals surface area contributed by atoms with Crippen molar-refractivity contribution in [3.8, 4) is 5.88 Å². The van der Waals surface area contributed by atoms with E-state index in [0.29, 0.717) is 31.4 Å². The fraction of sp³-hybridized carbons (Fsp3) is 0.615. The average Bonchev–Trinajstić information content (AvgIpc) is 2.94. The molecule has 21 heavy (non-hydrogen) atoms. The molecule has 1 fully saturated rings. The molecule has 2 heterocycles. The van der Waals surface area contributed by atoms with Crippen molar-refractivity contribution in [3.63, 3.8) is 0 Å². The molecule has 0 radical (unpaired) electrons. The Morgan fingerprint density at radius 1 is 1.52 bits per heavy atom. The third kappa shape index (κ3) is 4.35. The van der Waals surface area contributed by atoms with Crippen LogP contribution in [0.5, 0.6) is 5.88 Å². The van der Waals surface area contributed by atoms with E-state index in [1.165, 1.54) is 0 Å². The molecule has 1 aromatic rings. The van der Waals surface area contributed by atoms with Gasteiger partial charge in [-0.3, -0.25) is 0 Å². The number of hydrogen-bond donors (Lipinski definition) is 1. The number of nitrogens with zero attached hydrogens (tertiary/aromatic N) is 4. The number of carbonyl (C=O) groups is 1. The van der Waals surface area contributed by atoms with E-state index in [0.717, 1.165) is 12.2 Å². The summed E-state index contributed by atoms with van der Waals surface area (Å²) >= 11 is 5.55. The number of amides is 2. The van der Waals surface area contributed by atoms with Crippen LogP contribution in [0.1, 0.15) is 6.42 Å². The van der Waals surface area contributed by atoms with Gasteiger partial charge in [0.05, 0.1) is 6.54 Å². The van der Waals surface area contributed by atoms with E-state index in [4.69, 9.17) is 16.3 Å². The predicted octanol–water partition coefficient (Wildman–Crippen LogP) is 0.944. The summed E-state index contributed by atoms with van der Waals surface area (Å²) in [6.07, 6.45) is 0.733. The molecule has 1 atom stereocenters. The van der Waals surface area contributed by atoms with Crippen LogP contribution in [0.15, 0.2) is 12.1 Å². The molecule has 0 bridgehead atoms. The quantitative estimate of drug-likeness (QED) is 0.819. The number of anilines is 1. The van der Waals surface area contributed by atoms with Gasteiger partial charge in [0.1, 0.15) is 6.10 Å². The lowest BCUT2D eigenvalue weighted by molar-refractivity contribution is 0.182. The van der Waals surface area contributed by atoms with E-state index in [2.05, 4.69) is 15.5 Å². The SMILES string of the molecule is CN(C)c1ccc(OC2CCN(C(=O)NCCCl)C2)nn1. The highest BCUT2D eigenvalue weighted by Crippen LogP contribution is 2.17. The summed E-state index contributed by atoms with van der Waals surface area (Å²) in [5.74, 6) is 1.66. The lowest BCUT2D eigenvalue weighted by atomic mass is 10.3. The summed E-state index contributed by atoms with van der Waals surface area (Å²) in [7, 11) is 3.80. The summed E-state index contributed by atoms with van der Waals surface area (Å²) in [5, 5.41) is 10.8. The Kier molecular flexibility index (Phi) is 5.44. The summed E-state index contributed by atoms with van der Waals surface area (Å²) < 4.78 is 5.76. The van der Waals surface area contributed by atoms with Crippen molar-refractivity contribution in [1.29, 1.82) is 0 Å². The minimum Gasteiger partial charge on any atom is -0.471 e. The van der Waals surface area contributed by atoms with Gasteiger partial charge in [0.2, 0.25) is 5.88 Å². The first-order valence-electron chi connectivity index (χ1n) is 6.86. The van der Waals surface area contributed by atoms with Crippen molar-refractivity contribution in [2.24, 2.45) is 0 Å². The van der Waals surface area contributed by atoms with Gasteiger partial charge < -0.3 is 19.9 Å². The van der Waals surface area contributed by atoms with Crippen LogP contribution in [-0.4, -0.2) is 66.8 Å². The standard InChI is InChI=1S/C13H20ClN5O2/c1-18(2)11-3-4-12(17-16-11)21-10-5-8-19(9-10)13(20)15-7-6-14/h3-4,10H,5-9H2,1-2H3,(H,15,20). The largest absolute Gasteiger partial charge is 0.471 e. The lowest BCUT2D eigenvalue weighted by Gasteiger charge is -2.17. The molecule has 2 rings (SSSR count). The van der Waals surface area contributed by atoms with Gasteiger partial charge in [-0.1, -0.05) is 0 Å². The molecule has 8 heteroatoms. The molecular weight excluding hydrogens is 294 g/mol. The number of carbonyl (C=O) groups excluding carboxylic acids is 1. The van der Waals surface area contributed by atoms with Crippen LogP contribution in [0.25, 0.3) is 0 Å². The Morgan fingerprint density at radius 3 is 2.95 bits per heavy atom. The van der Waals surface area contributed by atoms with Crippen LogP contribution in [-0.2, 0) is 0 Å². The maximum absolute atomic E-state index is 11.8. The maximum Gasteiger partial charge on any atom is 0.317 e. The van der Waals surface area contributed by atoms with Gasteiger partial charge in [0, 0.05) is 45.6 Å². The number of rotatable bonds is 5. The number of ether oxygens (including phenoxy) is 1. The van der Waals surface area contributed by atoms with Crippen molar-refractivity contribution < 1.29 is 9.53 Å². The molecule has 0 spiro atoms. The van der Waals surface area contributed by atoms with Crippen LogP contribution in [0.4, 0.5) is 10.6 Å². The van der Waals surface area contributed by atoms with Crippen molar-refractivity contribution in [2.75, 3.05) is 44.5 Å². The molecule has 1 aliphatic heterocycles. The van der Waals surface area contributed by atoms with E-state index in [1.54, 1.807) is 11.0 Å². The molecule has 116 valence electrons. The van der Waals surface area contributed by atoms with Gasteiger partial charge in [0.25, 0.3) is 0 Å². The Morgan fingerprint density at radius 2 is 2.33 bits per heavy atom. The molecule has 1 aromatic heterocycles. The molecule has 1 aliphatic rings. The molecule has 1 saturated heterocycles. The van der Waals surface area contributed by atoms with Crippen molar-refractivity contribution in [2.45, 2.75) is 12.5 Å². The van der Waals surface area contributed by atoms with Crippen LogP contribution >= 0.6 is 11.6 Å². The maximum atomic E-state index is 11.8. The number of urea groups is 1. The van der Waals surface area contributed by atoms with E-state index >= 15 is 0 Å². The van der Waals surface area contributed by atoms with Crippen LogP contribution in [0.3, 0.4) is 0 Å². The third-order valence-electron chi connectivity index (χ3n) is 3.17. The number of halogens is 1. The first kappa shape index (κ1) is 15.6.